The topological polar surface area (TPSA) is 37.4 Å². The molecule has 0 amide bonds. The van der Waals surface area contributed by atoms with Gasteiger partial charge in [0.05, 0.1) is 19.3 Å². The van der Waals surface area contributed by atoms with E-state index in [4.69, 9.17) is 4.74 Å². The van der Waals surface area contributed by atoms with Crippen LogP contribution in [0.3, 0.4) is 0 Å². The number of hydrogen-bond donors (Lipinski definition) is 1. The van der Waals surface area contributed by atoms with Gasteiger partial charge in [-0.1, -0.05) is 0 Å². The smallest absolute Gasteiger partial charge is 0.129 e. The van der Waals surface area contributed by atoms with Crippen LogP contribution in [-0.2, 0) is 11.3 Å². The summed E-state index contributed by atoms with van der Waals surface area (Å²) in [5, 5.41) is 3.54. The Morgan fingerprint density at radius 1 is 1.50 bits per heavy atom. The van der Waals surface area contributed by atoms with Gasteiger partial charge in [-0.2, -0.15) is 0 Å². The second kappa shape index (κ2) is 5.24. The summed E-state index contributed by atoms with van der Waals surface area (Å²) < 4.78 is 5.47. The largest absolute Gasteiger partial charge is 0.377 e. The maximum atomic E-state index is 5.47. The standard InChI is InChI=1S/C14H21N3O/c1-11-10-18-7-6-17(11)14-8-12(4-5-15-14)9-16-13-2-3-13/h4-5,8,11,13,16H,2-3,6-7,9-10H2,1H3. The maximum absolute atomic E-state index is 5.47. The van der Waals surface area contributed by atoms with E-state index in [9.17, 15) is 0 Å². The van der Waals surface area contributed by atoms with Crippen LogP contribution in [0, 0.1) is 0 Å². The van der Waals surface area contributed by atoms with Gasteiger partial charge in [0.1, 0.15) is 5.82 Å². The van der Waals surface area contributed by atoms with Crippen LogP contribution in [-0.4, -0.2) is 36.8 Å². The molecule has 4 nitrogen and oxygen atoms in total. The van der Waals surface area contributed by atoms with Crippen molar-refractivity contribution >= 4 is 5.82 Å². The van der Waals surface area contributed by atoms with Crippen molar-refractivity contribution in [2.75, 3.05) is 24.7 Å². The first-order chi connectivity index (χ1) is 8.83. The molecule has 0 radical (unpaired) electrons. The lowest BCUT2D eigenvalue weighted by molar-refractivity contribution is 0.0985. The molecule has 2 heterocycles. The van der Waals surface area contributed by atoms with E-state index in [0.717, 1.165) is 38.2 Å². The first-order valence-electron chi connectivity index (χ1n) is 6.85. The van der Waals surface area contributed by atoms with Crippen molar-refractivity contribution in [2.24, 2.45) is 0 Å². The van der Waals surface area contributed by atoms with Gasteiger partial charge < -0.3 is 15.0 Å². The third-order valence-corrected chi connectivity index (χ3v) is 3.64. The number of rotatable bonds is 4. The van der Waals surface area contributed by atoms with Gasteiger partial charge in [0, 0.05) is 25.3 Å². The second-order valence-electron chi connectivity index (χ2n) is 5.29. The third kappa shape index (κ3) is 2.82. The van der Waals surface area contributed by atoms with Crippen molar-refractivity contribution in [3.63, 3.8) is 0 Å². The summed E-state index contributed by atoms with van der Waals surface area (Å²) in [7, 11) is 0. The molecule has 1 aromatic heterocycles. The molecule has 98 valence electrons. The van der Waals surface area contributed by atoms with Gasteiger partial charge in [-0.3, -0.25) is 0 Å². The summed E-state index contributed by atoms with van der Waals surface area (Å²) in [6.07, 6.45) is 4.58. The molecular formula is C14H21N3O. The molecule has 1 saturated heterocycles. The Bertz CT molecular complexity index is 406. The first-order valence-corrected chi connectivity index (χ1v) is 6.85. The molecule has 0 spiro atoms. The van der Waals surface area contributed by atoms with Gasteiger partial charge >= 0.3 is 0 Å². The number of morpholine rings is 1. The number of hydrogen-bond acceptors (Lipinski definition) is 4. The van der Waals surface area contributed by atoms with Crippen molar-refractivity contribution in [1.82, 2.24) is 10.3 Å². The maximum Gasteiger partial charge on any atom is 0.129 e. The van der Waals surface area contributed by atoms with Crippen LogP contribution in [0.25, 0.3) is 0 Å². The minimum absolute atomic E-state index is 0.415. The van der Waals surface area contributed by atoms with Crippen molar-refractivity contribution in [3.8, 4) is 0 Å². The minimum Gasteiger partial charge on any atom is -0.377 e. The fourth-order valence-electron chi connectivity index (χ4n) is 2.34. The van der Waals surface area contributed by atoms with E-state index in [0.29, 0.717) is 6.04 Å². The summed E-state index contributed by atoms with van der Waals surface area (Å²) in [6.45, 7) is 5.69. The highest BCUT2D eigenvalue weighted by Crippen LogP contribution is 2.21. The molecule has 3 rings (SSSR count). The highest BCUT2D eigenvalue weighted by atomic mass is 16.5. The molecule has 1 atom stereocenters. The van der Waals surface area contributed by atoms with Crippen LogP contribution in [0.1, 0.15) is 25.3 Å². The Labute approximate surface area is 108 Å². The molecule has 1 saturated carbocycles. The van der Waals surface area contributed by atoms with Crippen LogP contribution in [0.4, 0.5) is 5.82 Å². The summed E-state index contributed by atoms with van der Waals surface area (Å²) >= 11 is 0. The SMILES string of the molecule is CC1COCCN1c1cc(CNC2CC2)ccn1. The van der Waals surface area contributed by atoms with E-state index in [1.54, 1.807) is 0 Å². The van der Waals surface area contributed by atoms with Gasteiger partial charge in [0.2, 0.25) is 0 Å². The van der Waals surface area contributed by atoms with Crippen LogP contribution < -0.4 is 10.2 Å². The zero-order valence-electron chi connectivity index (χ0n) is 10.9. The minimum atomic E-state index is 0.415. The Morgan fingerprint density at radius 3 is 3.17 bits per heavy atom. The van der Waals surface area contributed by atoms with E-state index < -0.39 is 0 Å². The molecular weight excluding hydrogens is 226 g/mol. The molecule has 1 unspecified atom stereocenters. The summed E-state index contributed by atoms with van der Waals surface area (Å²) in [5.74, 6) is 1.08. The van der Waals surface area contributed by atoms with Gasteiger partial charge in [0.15, 0.2) is 0 Å². The van der Waals surface area contributed by atoms with Crippen molar-refractivity contribution in [3.05, 3.63) is 23.9 Å². The van der Waals surface area contributed by atoms with Crippen LogP contribution in [0.2, 0.25) is 0 Å². The molecule has 1 aliphatic heterocycles. The van der Waals surface area contributed by atoms with Gasteiger partial charge in [-0.05, 0) is 37.5 Å². The van der Waals surface area contributed by atoms with E-state index in [1.165, 1.54) is 18.4 Å². The fraction of sp³-hybridized carbons (Fsp3) is 0.643. The zero-order chi connectivity index (χ0) is 12.4. The van der Waals surface area contributed by atoms with Crippen molar-refractivity contribution in [2.45, 2.75) is 38.4 Å². The molecule has 2 fully saturated rings. The summed E-state index contributed by atoms with van der Waals surface area (Å²) in [6, 6.07) is 5.48. The number of ether oxygens (including phenoxy) is 1. The molecule has 2 aliphatic rings. The number of anilines is 1. The average Bonchev–Trinajstić information content (AvgIpc) is 3.21. The first kappa shape index (κ1) is 11.9. The molecule has 0 bridgehead atoms. The van der Waals surface area contributed by atoms with Gasteiger partial charge in [-0.15, -0.1) is 0 Å². The number of pyridine rings is 1. The Hall–Kier alpha value is -1.13. The van der Waals surface area contributed by atoms with Crippen LogP contribution >= 0.6 is 0 Å². The number of nitrogens with one attached hydrogen (secondary N) is 1. The van der Waals surface area contributed by atoms with Crippen molar-refractivity contribution < 1.29 is 4.74 Å². The molecule has 1 N–H and O–H groups in total. The third-order valence-electron chi connectivity index (χ3n) is 3.64. The highest BCUT2D eigenvalue weighted by molar-refractivity contribution is 5.42. The zero-order valence-corrected chi connectivity index (χ0v) is 10.9. The lowest BCUT2D eigenvalue weighted by Gasteiger charge is -2.34. The normalized spacial score (nSPS) is 24.3. The Morgan fingerprint density at radius 2 is 2.39 bits per heavy atom. The van der Waals surface area contributed by atoms with Crippen molar-refractivity contribution in [1.29, 1.82) is 0 Å². The summed E-state index contributed by atoms with van der Waals surface area (Å²) in [4.78, 5) is 6.84. The lowest BCUT2D eigenvalue weighted by atomic mass is 10.2. The van der Waals surface area contributed by atoms with Crippen LogP contribution in [0.15, 0.2) is 18.3 Å². The van der Waals surface area contributed by atoms with E-state index in [2.05, 4.69) is 34.3 Å². The average molecular weight is 247 g/mol. The molecule has 0 aromatic carbocycles. The number of nitrogens with zero attached hydrogens (tertiary/aromatic N) is 2. The lowest BCUT2D eigenvalue weighted by Crippen LogP contribution is -2.44. The Balaban J connectivity index is 1.68. The Kier molecular flexibility index (Phi) is 3.48. The van der Waals surface area contributed by atoms with E-state index >= 15 is 0 Å². The van der Waals surface area contributed by atoms with E-state index in [1.807, 2.05) is 6.20 Å². The predicted octanol–water partition coefficient (Wildman–Crippen LogP) is 1.56. The quantitative estimate of drug-likeness (QED) is 0.876. The predicted molar refractivity (Wildman–Crippen MR) is 71.7 cm³/mol. The summed E-state index contributed by atoms with van der Waals surface area (Å²) in [5.41, 5.74) is 1.32. The van der Waals surface area contributed by atoms with Gasteiger partial charge in [-0.25, -0.2) is 4.98 Å². The van der Waals surface area contributed by atoms with Crippen LogP contribution in [0.5, 0.6) is 0 Å². The molecule has 18 heavy (non-hydrogen) atoms. The second-order valence-corrected chi connectivity index (χ2v) is 5.29. The monoisotopic (exact) mass is 247 g/mol. The number of aromatic nitrogens is 1. The van der Waals surface area contributed by atoms with E-state index in [-0.39, 0.29) is 0 Å². The highest BCUT2D eigenvalue weighted by Gasteiger charge is 2.21. The molecule has 1 aliphatic carbocycles. The molecule has 4 heteroatoms. The van der Waals surface area contributed by atoms with Gasteiger partial charge in [0.25, 0.3) is 0 Å². The fourth-order valence-corrected chi connectivity index (χ4v) is 2.34. The molecule has 1 aromatic rings.